The van der Waals surface area contributed by atoms with E-state index in [1.54, 1.807) is 0 Å². The number of carbonyl (C=O) groups excluding carboxylic acids is 2. The normalized spacial score (nSPS) is 23.8. The van der Waals surface area contributed by atoms with Gasteiger partial charge in [-0.1, -0.05) is 62.7 Å². The minimum atomic E-state index is -1.00. The number of carboxylic acid groups (broad SMARTS) is 1. The average molecular weight is 481 g/mol. The zero-order chi connectivity index (χ0) is 24.4. The molecule has 4 rings (SSSR count). The summed E-state index contributed by atoms with van der Waals surface area (Å²) in [5, 5.41) is 12.3. The molecule has 2 N–H and O–H groups in total. The van der Waals surface area contributed by atoms with Gasteiger partial charge < -0.3 is 15.3 Å². The molecule has 5 atom stereocenters. The van der Waals surface area contributed by atoms with Crippen molar-refractivity contribution >= 4 is 30.4 Å². The SMILES string of the molecule is CC[C@H](C)[C@H](S)C(=O)N[C@H]1Cc2ccc(-c3ccccc3)cc2[C@H]2CCC[C@@H](C(=O)O)N2C1=O. The van der Waals surface area contributed by atoms with E-state index in [1.807, 2.05) is 56.3 Å². The van der Waals surface area contributed by atoms with Crippen molar-refractivity contribution in [2.24, 2.45) is 5.92 Å². The summed E-state index contributed by atoms with van der Waals surface area (Å²) in [6, 6.07) is 14.1. The number of thiol groups is 1. The number of amides is 2. The van der Waals surface area contributed by atoms with Gasteiger partial charge in [0, 0.05) is 6.42 Å². The van der Waals surface area contributed by atoms with Gasteiger partial charge in [-0.2, -0.15) is 12.6 Å². The molecular weight excluding hydrogens is 448 g/mol. The molecule has 2 aliphatic rings. The van der Waals surface area contributed by atoms with Crippen molar-refractivity contribution in [3.63, 3.8) is 0 Å². The van der Waals surface area contributed by atoms with Crippen molar-refractivity contribution in [2.45, 2.75) is 69.3 Å². The highest BCUT2D eigenvalue weighted by atomic mass is 32.1. The van der Waals surface area contributed by atoms with Crippen LogP contribution in [0.25, 0.3) is 11.1 Å². The van der Waals surface area contributed by atoms with Crippen LogP contribution in [0.3, 0.4) is 0 Å². The lowest BCUT2D eigenvalue weighted by Gasteiger charge is -2.40. The van der Waals surface area contributed by atoms with E-state index >= 15 is 0 Å². The Morgan fingerprint density at radius 3 is 2.56 bits per heavy atom. The second-order valence-corrected chi connectivity index (χ2v) is 9.98. The van der Waals surface area contributed by atoms with E-state index < -0.39 is 23.3 Å². The van der Waals surface area contributed by atoms with Gasteiger partial charge >= 0.3 is 5.97 Å². The van der Waals surface area contributed by atoms with Crippen LogP contribution >= 0.6 is 12.6 Å². The van der Waals surface area contributed by atoms with Gasteiger partial charge in [0.25, 0.3) is 0 Å². The summed E-state index contributed by atoms with van der Waals surface area (Å²) in [6.45, 7) is 3.95. The number of hydrogen-bond acceptors (Lipinski definition) is 4. The molecule has 0 aliphatic carbocycles. The predicted octanol–water partition coefficient (Wildman–Crippen LogP) is 4.25. The zero-order valence-corrected chi connectivity index (χ0v) is 20.5. The first-order chi connectivity index (χ1) is 16.3. The molecule has 1 fully saturated rings. The van der Waals surface area contributed by atoms with Crippen molar-refractivity contribution in [3.05, 3.63) is 59.7 Å². The maximum atomic E-state index is 13.7. The first-order valence-electron chi connectivity index (χ1n) is 12.0. The van der Waals surface area contributed by atoms with Crippen LogP contribution in [-0.2, 0) is 20.8 Å². The summed E-state index contributed by atoms with van der Waals surface area (Å²) >= 11 is 4.48. The van der Waals surface area contributed by atoms with Crippen LogP contribution in [-0.4, -0.2) is 45.1 Å². The molecule has 34 heavy (non-hydrogen) atoms. The molecule has 0 radical (unpaired) electrons. The van der Waals surface area contributed by atoms with Crippen molar-refractivity contribution in [1.82, 2.24) is 10.2 Å². The Hall–Kier alpha value is -2.80. The molecule has 0 unspecified atom stereocenters. The Bertz CT molecular complexity index is 1070. The number of hydrogen-bond donors (Lipinski definition) is 3. The molecule has 0 bridgehead atoms. The smallest absolute Gasteiger partial charge is 0.326 e. The van der Waals surface area contributed by atoms with Crippen molar-refractivity contribution in [1.29, 1.82) is 0 Å². The first kappa shape index (κ1) is 24.3. The number of benzene rings is 2. The quantitative estimate of drug-likeness (QED) is 0.540. The van der Waals surface area contributed by atoms with Gasteiger partial charge in [0.15, 0.2) is 0 Å². The molecule has 0 aromatic heterocycles. The molecule has 0 saturated carbocycles. The van der Waals surface area contributed by atoms with E-state index in [-0.39, 0.29) is 23.8 Å². The number of carbonyl (C=O) groups is 3. The summed E-state index contributed by atoms with van der Waals surface area (Å²) in [7, 11) is 0. The van der Waals surface area contributed by atoms with Gasteiger partial charge in [0.2, 0.25) is 11.8 Å². The summed E-state index contributed by atoms with van der Waals surface area (Å²) in [5.74, 6) is -1.56. The second-order valence-electron chi connectivity index (χ2n) is 9.42. The standard InChI is InChI=1S/C27H32N2O4S/c1-3-16(2)24(34)25(30)28-21-15-19-13-12-18(17-8-5-4-6-9-17)14-20(19)22-10-7-11-23(27(32)33)29(22)26(21)31/h4-6,8-9,12-14,16,21-24,34H,3,7,10-11,15H2,1-2H3,(H,28,30)(H,32,33)/t16-,21-,22+,23-,24-/m0/s1. The molecule has 2 aromatic rings. The molecule has 2 amide bonds. The van der Waals surface area contributed by atoms with E-state index in [0.717, 1.165) is 35.1 Å². The lowest BCUT2D eigenvalue weighted by Crippen LogP contribution is -2.56. The fourth-order valence-corrected chi connectivity index (χ4v) is 5.38. The van der Waals surface area contributed by atoms with Crippen LogP contribution in [0.1, 0.15) is 56.7 Å². The predicted molar refractivity (Wildman–Crippen MR) is 135 cm³/mol. The Morgan fingerprint density at radius 1 is 1.15 bits per heavy atom. The molecule has 2 aliphatic heterocycles. The summed E-state index contributed by atoms with van der Waals surface area (Å²) < 4.78 is 0. The van der Waals surface area contributed by atoms with E-state index in [2.05, 4.69) is 24.0 Å². The molecule has 0 spiro atoms. The lowest BCUT2D eigenvalue weighted by atomic mass is 9.87. The van der Waals surface area contributed by atoms with Crippen LogP contribution in [0.15, 0.2) is 48.5 Å². The van der Waals surface area contributed by atoms with Gasteiger partial charge in [0.1, 0.15) is 12.1 Å². The number of nitrogens with zero attached hydrogens (tertiary/aromatic N) is 1. The maximum Gasteiger partial charge on any atom is 0.326 e. The first-order valence-corrected chi connectivity index (χ1v) is 12.5. The van der Waals surface area contributed by atoms with Crippen LogP contribution in [0.5, 0.6) is 0 Å². The van der Waals surface area contributed by atoms with Crippen LogP contribution < -0.4 is 5.32 Å². The number of aliphatic carboxylic acids is 1. The number of fused-ring (bicyclic) bond motifs is 3. The number of rotatable bonds is 6. The highest BCUT2D eigenvalue weighted by molar-refractivity contribution is 7.81. The van der Waals surface area contributed by atoms with E-state index in [1.165, 1.54) is 4.90 Å². The van der Waals surface area contributed by atoms with Gasteiger partial charge in [-0.05, 0) is 53.5 Å². The molecule has 1 saturated heterocycles. The molecular formula is C27H32N2O4S. The van der Waals surface area contributed by atoms with Gasteiger partial charge in [0.05, 0.1) is 11.3 Å². The third kappa shape index (κ3) is 4.71. The Labute approximate surface area is 206 Å². The fourth-order valence-electron chi connectivity index (χ4n) is 5.09. The Balaban J connectivity index is 1.75. The number of nitrogens with one attached hydrogen (secondary N) is 1. The van der Waals surface area contributed by atoms with Crippen molar-refractivity contribution < 1.29 is 19.5 Å². The van der Waals surface area contributed by atoms with Crippen LogP contribution in [0.4, 0.5) is 0 Å². The monoisotopic (exact) mass is 480 g/mol. The largest absolute Gasteiger partial charge is 0.480 e. The van der Waals surface area contributed by atoms with Gasteiger partial charge in [-0.15, -0.1) is 0 Å². The van der Waals surface area contributed by atoms with Crippen LogP contribution in [0.2, 0.25) is 0 Å². The topological polar surface area (TPSA) is 86.7 Å². The Morgan fingerprint density at radius 2 is 1.88 bits per heavy atom. The zero-order valence-electron chi connectivity index (χ0n) is 19.6. The number of carboxylic acids is 1. The summed E-state index contributed by atoms with van der Waals surface area (Å²) in [6.07, 6.45) is 2.96. The Kier molecular flexibility index (Phi) is 7.31. The molecule has 7 heteroatoms. The second kappa shape index (κ2) is 10.2. The molecule has 6 nitrogen and oxygen atoms in total. The van der Waals surface area contributed by atoms with E-state index in [9.17, 15) is 19.5 Å². The van der Waals surface area contributed by atoms with E-state index in [0.29, 0.717) is 19.3 Å². The molecule has 180 valence electrons. The molecule has 2 heterocycles. The maximum absolute atomic E-state index is 13.7. The van der Waals surface area contributed by atoms with Gasteiger partial charge in [-0.25, -0.2) is 4.79 Å². The number of piperidine rings is 1. The summed E-state index contributed by atoms with van der Waals surface area (Å²) in [5.41, 5.74) is 4.03. The molecule has 2 aromatic carbocycles. The van der Waals surface area contributed by atoms with Crippen LogP contribution in [0, 0.1) is 5.92 Å². The highest BCUT2D eigenvalue weighted by Gasteiger charge is 2.45. The minimum Gasteiger partial charge on any atom is -0.480 e. The average Bonchev–Trinajstić information content (AvgIpc) is 2.97. The highest BCUT2D eigenvalue weighted by Crippen LogP contribution is 2.41. The van der Waals surface area contributed by atoms with Crippen molar-refractivity contribution in [2.75, 3.05) is 0 Å². The fraction of sp³-hybridized carbons (Fsp3) is 0.444. The minimum absolute atomic E-state index is 0.0550. The van der Waals surface area contributed by atoms with Gasteiger partial charge in [-0.3, -0.25) is 9.59 Å². The third-order valence-electron chi connectivity index (χ3n) is 7.27. The lowest BCUT2D eigenvalue weighted by molar-refractivity contribution is -0.156. The summed E-state index contributed by atoms with van der Waals surface area (Å²) in [4.78, 5) is 40.3. The van der Waals surface area contributed by atoms with E-state index in [4.69, 9.17) is 0 Å². The van der Waals surface area contributed by atoms with Crippen molar-refractivity contribution in [3.8, 4) is 11.1 Å². The third-order valence-corrected chi connectivity index (χ3v) is 8.01.